The van der Waals surface area contributed by atoms with E-state index in [4.69, 9.17) is 0 Å². The second-order valence-electron chi connectivity index (χ2n) is 8.51. The Hall–Kier alpha value is -1.84. The molecule has 1 aliphatic heterocycles. The number of carbonyl (C=O) groups is 2. The highest BCUT2D eigenvalue weighted by molar-refractivity contribution is 6.17. The lowest BCUT2D eigenvalue weighted by molar-refractivity contribution is -0.132. The molecule has 4 heteroatoms. The van der Waals surface area contributed by atoms with Gasteiger partial charge in [0.15, 0.2) is 0 Å². The molecule has 0 saturated heterocycles. The summed E-state index contributed by atoms with van der Waals surface area (Å²) < 4.78 is 0. The summed E-state index contributed by atoms with van der Waals surface area (Å²) >= 11 is 0. The van der Waals surface area contributed by atoms with Gasteiger partial charge in [-0.2, -0.15) is 0 Å². The maximum atomic E-state index is 12.9. The summed E-state index contributed by atoms with van der Waals surface area (Å²) in [5, 5.41) is 0. The van der Waals surface area contributed by atoms with Crippen molar-refractivity contribution in [2.45, 2.75) is 90.4 Å². The molecule has 2 amide bonds. The summed E-state index contributed by atoms with van der Waals surface area (Å²) in [6.45, 7) is 2.26. The van der Waals surface area contributed by atoms with Crippen LogP contribution in [-0.2, 0) is 9.59 Å². The van der Waals surface area contributed by atoms with Crippen LogP contribution in [0.4, 0.5) is 11.4 Å². The Balaban J connectivity index is 1.66. The lowest BCUT2D eigenvalue weighted by Gasteiger charge is -2.19. The zero-order valence-corrected chi connectivity index (χ0v) is 18.8. The first-order valence-electron chi connectivity index (χ1n) is 11.7. The van der Waals surface area contributed by atoms with Crippen molar-refractivity contribution in [3.8, 4) is 0 Å². The smallest absolute Gasteiger partial charge is 0.239 e. The highest BCUT2D eigenvalue weighted by atomic mass is 16.2. The number of amides is 2. The minimum atomic E-state index is -0.555. The van der Waals surface area contributed by atoms with E-state index in [0.717, 1.165) is 24.2 Å². The first-order valence-corrected chi connectivity index (χ1v) is 11.7. The van der Waals surface area contributed by atoms with Crippen LogP contribution in [0, 0.1) is 5.92 Å². The van der Waals surface area contributed by atoms with Gasteiger partial charge in [0.2, 0.25) is 11.8 Å². The Morgan fingerprint density at radius 3 is 1.45 bits per heavy atom. The number of rotatable bonds is 13. The first kappa shape index (κ1) is 23.4. The van der Waals surface area contributed by atoms with E-state index in [1.165, 1.54) is 64.2 Å². The van der Waals surface area contributed by atoms with Gasteiger partial charge in [0.05, 0.1) is 11.4 Å². The summed E-state index contributed by atoms with van der Waals surface area (Å²) in [4.78, 5) is 29.1. The van der Waals surface area contributed by atoms with Crippen LogP contribution >= 0.6 is 0 Å². The van der Waals surface area contributed by atoms with Gasteiger partial charge in [-0.25, -0.2) is 0 Å². The van der Waals surface area contributed by atoms with E-state index in [1.807, 2.05) is 24.3 Å². The molecule has 29 heavy (non-hydrogen) atoms. The first-order chi connectivity index (χ1) is 14.1. The minimum absolute atomic E-state index is 0.0742. The maximum Gasteiger partial charge on any atom is 0.239 e. The fraction of sp³-hybridized carbons (Fsp3) is 0.680. The average Bonchev–Trinajstić information content (AvgIpc) is 2.80. The number of hydrogen-bond donors (Lipinski definition) is 0. The summed E-state index contributed by atoms with van der Waals surface area (Å²) in [6.07, 6.45) is 16.1. The van der Waals surface area contributed by atoms with Crippen molar-refractivity contribution in [3.05, 3.63) is 24.3 Å². The van der Waals surface area contributed by atoms with E-state index in [0.29, 0.717) is 6.42 Å². The van der Waals surface area contributed by atoms with Gasteiger partial charge in [-0.1, -0.05) is 96.1 Å². The summed E-state index contributed by atoms with van der Waals surface area (Å²) in [7, 11) is 3.56. The van der Waals surface area contributed by atoms with Gasteiger partial charge >= 0.3 is 0 Å². The number of fused-ring (bicyclic) bond motifs is 1. The van der Waals surface area contributed by atoms with Crippen LogP contribution in [0.1, 0.15) is 90.4 Å². The molecule has 0 fully saturated rings. The quantitative estimate of drug-likeness (QED) is 0.286. The molecule has 0 N–H and O–H groups in total. The minimum Gasteiger partial charge on any atom is -0.313 e. The van der Waals surface area contributed by atoms with Gasteiger partial charge in [-0.3, -0.25) is 9.59 Å². The topological polar surface area (TPSA) is 40.6 Å². The number of carbonyl (C=O) groups excluding carboxylic acids is 2. The lowest BCUT2D eigenvalue weighted by Crippen LogP contribution is -2.39. The highest BCUT2D eigenvalue weighted by Crippen LogP contribution is 2.34. The number of hydrogen-bond acceptors (Lipinski definition) is 2. The van der Waals surface area contributed by atoms with Gasteiger partial charge in [-0.05, 0) is 18.6 Å². The third kappa shape index (κ3) is 6.87. The van der Waals surface area contributed by atoms with E-state index in [-0.39, 0.29) is 11.8 Å². The zero-order chi connectivity index (χ0) is 21.1. The van der Waals surface area contributed by atoms with Crippen LogP contribution in [0.3, 0.4) is 0 Å². The summed E-state index contributed by atoms with van der Waals surface area (Å²) in [5.74, 6) is -0.703. The van der Waals surface area contributed by atoms with E-state index < -0.39 is 5.92 Å². The van der Waals surface area contributed by atoms with Crippen molar-refractivity contribution in [1.82, 2.24) is 0 Å². The fourth-order valence-electron chi connectivity index (χ4n) is 4.28. The molecular formula is C25H40N2O2. The van der Waals surface area contributed by atoms with Crippen LogP contribution < -0.4 is 9.80 Å². The Labute approximate surface area is 177 Å². The normalized spacial score (nSPS) is 15.0. The van der Waals surface area contributed by atoms with Gasteiger partial charge in [0.1, 0.15) is 5.92 Å². The Kier molecular flexibility index (Phi) is 10.2. The molecule has 0 aliphatic carbocycles. The number of unbranched alkanes of at least 4 members (excludes halogenated alkanes) is 11. The predicted molar refractivity (Wildman–Crippen MR) is 122 cm³/mol. The molecule has 2 rings (SSSR count). The summed E-state index contributed by atoms with van der Waals surface area (Å²) in [5.41, 5.74) is 1.62. The molecule has 0 spiro atoms. The molecule has 1 aliphatic rings. The molecule has 162 valence electrons. The van der Waals surface area contributed by atoms with Crippen molar-refractivity contribution in [3.63, 3.8) is 0 Å². The summed E-state index contributed by atoms with van der Waals surface area (Å²) in [6, 6.07) is 7.63. The Bertz CT molecular complexity index is 602. The van der Waals surface area contributed by atoms with Crippen LogP contribution in [-0.4, -0.2) is 25.9 Å². The maximum absolute atomic E-state index is 12.9. The third-order valence-electron chi connectivity index (χ3n) is 6.21. The van der Waals surface area contributed by atoms with E-state index in [2.05, 4.69) is 6.92 Å². The number of benzene rings is 1. The van der Waals surface area contributed by atoms with Crippen molar-refractivity contribution >= 4 is 23.2 Å². The van der Waals surface area contributed by atoms with E-state index >= 15 is 0 Å². The van der Waals surface area contributed by atoms with Crippen molar-refractivity contribution < 1.29 is 9.59 Å². The monoisotopic (exact) mass is 400 g/mol. The molecule has 0 saturated carbocycles. The third-order valence-corrected chi connectivity index (χ3v) is 6.21. The van der Waals surface area contributed by atoms with Crippen LogP contribution in [0.25, 0.3) is 0 Å². The number of para-hydroxylation sites is 2. The molecule has 0 aromatic heterocycles. The standard InChI is InChI=1S/C25H40N2O2/c1-4-5-6-7-8-9-10-11-12-13-14-15-18-21-24(28)26(2)22-19-16-17-20-23(22)27(3)25(21)29/h16-17,19-21H,4-15,18H2,1-3H3. The van der Waals surface area contributed by atoms with E-state index in [9.17, 15) is 9.59 Å². The molecule has 1 aromatic carbocycles. The fourth-order valence-corrected chi connectivity index (χ4v) is 4.28. The molecule has 1 heterocycles. The van der Waals surface area contributed by atoms with Crippen molar-refractivity contribution in [1.29, 1.82) is 0 Å². The predicted octanol–water partition coefficient (Wildman–Crippen LogP) is 6.33. The molecule has 0 bridgehead atoms. The zero-order valence-electron chi connectivity index (χ0n) is 18.8. The average molecular weight is 401 g/mol. The van der Waals surface area contributed by atoms with Crippen molar-refractivity contribution in [2.24, 2.45) is 5.92 Å². The molecular weight excluding hydrogens is 360 g/mol. The SMILES string of the molecule is CCCCCCCCCCCCCCC1C(=O)N(C)c2ccccc2N(C)C1=O. The van der Waals surface area contributed by atoms with Crippen LogP contribution in [0.5, 0.6) is 0 Å². The lowest BCUT2D eigenvalue weighted by atomic mass is 9.97. The molecule has 0 radical (unpaired) electrons. The van der Waals surface area contributed by atoms with Gasteiger partial charge in [0.25, 0.3) is 0 Å². The Morgan fingerprint density at radius 2 is 1.03 bits per heavy atom. The van der Waals surface area contributed by atoms with Crippen molar-refractivity contribution in [2.75, 3.05) is 23.9 Å². The van der Waals surface area contributed by atoms with Crippen LogP contribution in [0.2, 0.25) is 0 Å². The van der Waals surface area contributed by atoms with Gasteiger partial charge in [0, 0.05) is 14.1 Å². The number of nitrogens with zero attached hydrogens (tertiary/aromatic N) is 2. The largest absolute Gasteiger partial charge is 0.313 e. The van der Waals surface area contributed by atoms with Gasteiger partial charge in [-0.15, -0.1) is 0 Å². The molecule has 0 atom stereocenters. The molecule has 1 aromatic rings. The van der Waals surface area contributed by atoms with Gasteiger partial charge < -0.3 is 9.80 Å². The van der Waals surface area contributed by atoms with Crippen LogP contribution in [0.15, 0.2) is 24.3 Å². The highest BCUT2D eigenvalue weighted by Gasteiger charge is 2.36. The number of anilines is 2. The second-order valence-corrected chi connectivity index (χ2v) is 8.51. The second kappa shape index (κ2) is 12.7. The molecule has 4 nitrogen and oxygen atoms in total. The Morgan fingerprint density at radius 1 is 0.655 bits per heavy atom. The molecule has 0 unspecified atom stereocenters. The van der Waals surface area contributed by atoms with E-state index in [1.54, 1.807) is 23.9 Å².